The summed E-state index contributed by atoms with van der Waals surface area (Å²) < 4.78 is 15.2. The first kappa shape index (κ1) is 35.5. The molecule has 0 aliphatic carbocycles. The normalized spacial score (nSPS) is 12.0. The number of amides is 3. The molecule has 0 fully saturated rings. The molecule has 3 aromatic rings. The number of benzene rings is 2. The van der Waals surface area contributed by atoms with Crippen LogP contribution in [-0.2, 0) is 30.5 Å². The summed E-state index contributed by atoms with van der Waals surface area (Å²) in [5.74, 6) is -3.80. The summed E-state index contributed by atoms with van der Waals surface area (Å²) in [7, 11) is 2.39. The van der Waals surface area contributed by atoms with Crippen molar-refractivity contribution in [3.63, 3.8) is 0 Å². The van der Waals surface area contributed by atoms with Crippen LogP contribution in [0.2, 0.25) is 0 Å². The number of hydrogen-bond acceptors (Lipinski definition) is 9. The van der Waals surface area contributed by atoms with Crippen molar-refractivity contribution in [3.8, 4) is 11.3 Å². The SMILES string of the molecule is CCCCC[C@@H](C(=O)NCNC(=O)c1ccc(-c2ccc(C(=O)OC)c(C(=O)OC)c2)o1)[C@@H](CC)C(=O)NOCc1ccccc1. The summed E-state index contributed by atoms with van der Waals surface area (Å²) in [5, 5.41) is 5.32. The molecule has 46 heavy (non-hydrogen) atoms. The molecule has 2 aromatic carbocycles. The molecule has 1 heterocycles. The monoisotopic (exact) mass is 635 g/mol. The highest BCUT2D eigenvalue weighted by atomic mass is 16.6. The number of furan rings is 1. The van der Waals surface area contributed by atoms with Crippen molar-refractivity contribution >= 4 is 29.7 Å². The zero-order chi connectivity index (χ0) is 33.5. The number of rotatable bonds is 17. The molecule has 12 heteroatoms. The highest BCUT2D eigenvalue weighted by molar-refractivity contribution is 6.04. The maximum Gasteiger partial charge on any atom is 0.338 e. The predicted octanol–water partition coefficient (Wildman–Crippen LogP) is 4.79. The van der Waals surface area contributed by atoms with E-state index in [2.05, 4.69) is 23.0 Å². The van der Waals surface area contributed by atoms with Crippen molar-refractivity contribution in [2.45, 2.75) is 52.6 Å². The quantitative estimate of drug-likeness (QED) is 0.0819. The number of hydroxylamine groups is 1. The molecule has 3 amide bonds. The lowest BCUT2D eigenvalue weighted by molar-refractivity contribution is -0.144. The third-order valence-electron chi connectivity index (χ3n) is 7.43. The highest BCUT2D eigenvalue weighted by Gasteiger charge is 2.32. The minimum absolute atomic E-state index is 0.0210. The van der Waals surface area contributed by atoms with Crippen LogP contribution in [0.3, 0.4) is 0 Å². The van der Waals surface area contributed by atoms with Gasteiger partial charge in [-0.1, -0.05) is 69.5 Å². The largest absolute Gasteiger partial charge is 0.465 e. The Morgan fingerprint density at radius 3 is 2.17 bits per heavy atom. The summed E-state index contributed by atoms with van der Waals surface area (Å²) in [5.41, 5.74) is 3.82. The van der Waals surface area contributed by atoms with Gasteiger partial charge in [0.2, 0.25) is 11.8 Å². The molecule has 0 aliphatic heterocycles. The van der Waals surface area contributed by atoms with Gasteiger partial charge in [-0.2, -0.15) is 0 Å². The second-order valence-corrected chi connectivity index (χ2v) is 10.5. The topological polar surface area (TPSA) is 162 Å². The number of nitrogens with one attached hydrogen (secondary N) is 3. The maximum absolute atomic E-state index is 13.3. The summed E-state index contributed by atoms with van der Waals surface area (Å²) in [4.78, 5) is 68.9. The first-order valence-electron chi connectivity index (χ1n) is 15.2. The molecule has 1 aromatic heterocycles. The van der Waals surface area contributed by atoms with E-state index in [9.17, 15) is 24.0 Å². The van der Waals surface area contributed by atoms with Gasteiger partial charge in [-0.25, -0.2) is 15.1 Å². The van der Waals surface area contributed by atoms with Gasteiger partial charge < -0.3 is 24.5 Å². The minimum Gasteiger partial charge on any atom is -0.465 e. The number of carbonyl (C=O) groups is 5. The lowest BCUT2D eigenvalue weighted by Gasteiger charge is -2.24. The molecule has 0 spiro atoms. The highest BCUT2D eigenvalue weighted by Crippen LogP contribution is 2.26. The fourth-order valence-corrected chi connectivity index (χ4v) is 4.93. The van der Waals surface area contributed by atoms with Gasteiger partial charge in [0.1, 0.15) is 5.76 Å². The van der Waals surface area contributed by atoms with E-state index in [0.717, 1.165) is 24.8 Å². The van der Waals surface area contributed by atoms with Crippen LogP contribution in [0.1, 0.15) is 82.8 Å². The molecule has 3 N–H and O–H groups in total. The Kier molecular flexibility index (Phi) is 14.0. The number of carbonyl (C=O) groups excluding carboxylic acids is 5. The Morgan fingerprint density at radius 1 is 0.783 bits per heavy atom. The van der Waals surface area contributed by atoms with Gasteiger partial charge in [0, 0.05) is 11.5 Å². The minimum atomic E-state index is -0.738. The predicted molar refractivity (Wildman–Crippen MR) is 168 cm³/mol. The van der Waals surface area contributed by atoms with Crippen LogP contribution in [0, 0.1) is 11.8 Å². The molecular formula is C34H41N3O9. The van der Waals surface area contributed by atoms with E-state index in [1.807, 2.05) is 37.3 Å². The third kappa shape index (κ3) is 9.77. The van der Waals surface area contributed by atoms with Crippen LogP contribution in [0.4, 0.5) is 0 Å². The lowest BCUT2D eigenvalue weighted by Crippen LogP contribution is -2.45. The Morgan fingerprint density at radius 2 is 1.50 bits per heavy atom. The molecule has 2 atom stereocenters. The van der Waals surface area contributed by atoms with Crippen LogP contribution in [0.5, 0.6) is 0 Å². The summed E-state index contributed by atoms with van der Waals surface area (Å²) in [6, 6.07) is 16.7. The van der Waals surface area contributed by atoms with Gasteiger partial charge in [-0.3, -0.25) is 19.2 Å². The van der Waals surface area contributed by atoms with Crippen LogP contribution in [0.25, 0.3) is 11.3 Å². The average molecular weight is 636 g/mol. The van der Waals surface area contributed by atoms with E-state index in [1.54, 1.807) is 6.07 Å². The summed E-state index contributed by atoms with van der Waals surface area (Å²) >= 11 is 0. The second kappa shape index (κ2) is 18.1. The van der Waals surface area contributed by atoms with Gasteiger partial charge in [0.05, 0.1) is 44.5 Å². The summed E-state index contributed by atoms with van der Waals surface area (Å²) in [6.45, 7) is 3.90. The zero-order valence-corrected chi connectivity index (χ0v) is 26.6. The van der Waals surface area contributed by atoms with Crippen LogP contribution in [0.15, 0.2) is 65.1 Å². The lowest BCUT2D eigenvalue weighted by atomic mass is 9.84. The fraction of sp³-hybridized carbons (Fsp3) is 0.382. The molecule has 0 unspecified atom stereocenters. The third-order valence-corrected chi connectivity index (χ3v) is 7.43. The van der Waals surface area contributed by atoms with Crippen molar-refractivity contribution in [2.75, 3.05) is 20.9 Å². The van der Waals surface area contributed by atoms with E-state index in [0.29, 0.717) is 18.4 Å². The fourth-order valence-electron chi connectivity index (χ4n) is 4.93. The van der Waals surface area contributed by atoms with Crippen molar-refractivity contribution in [1.29, 1.82) is 0 Å². The van der Waals surface area contributed by atoms with Crippen molar-refractivity contribution in [3.05, 3.63) is 83.1 Å². The molecule has 0 saturated heterocycles. The van der Waals surface area contributed by atoms with Gasteiger partial charge in [-0.15, -0.1) is 0 Å². The Labute approximate surface area is 268 Å². The van der Waals surface area contributed by atoms with Crippen molar-refractivity contribution < 1.29 is 42.7 Å². The molecule has 12 nitrogen and oxygen atoms in total. The smallest absolute Gasteiger partial charge is 0.338 e. The molecule has 0 radical (unpaired) electrons. The van der Waals surface area contributed by atoms with Crippen molar-refractivity contribution in [1.82, 2.24) is 16.1 Å². The van der Waals surface area contributed by atoms with Crippen LogP contribution < -0.4 is 16.1 Å². The molecule has 3 rings (SSSR count). The molecule has 246 valence electrons. The van der Waals surface area contributed by atoms with Gasteiger partial charge >= 0.3 is 11.9 Å². The van der Waals surface area contributed by atoms with Crippen molar-refractivity contribution in [2.24, 2.45) is 11.8 Å². The van der Waals surface area contributed by atoms with Crippen LogP contribution in [-0.4, -0.2) is 50.5 Å². The molecule has 0 saturated carbocycles. The Balaban J connectivity index is 1.62. The average Bonchev–Trinajstić information content (AvgIpc) is 3.58. The molecule has 0 aliphatic rings. The number of esters is 2. The Bertz CT molecular complexity index is 1490. The van der Waals surface area contributed by atoms with E-state index in [4.69, 9.17) is 18.7 Å². The standard InChI is InChI=1S/C34H41N3O9/c1-5-7-9-14-25(24(6-2)31(39)37-45-20-22-12-10-8-11-13-22)30(38)35-21-36-32(40)29-18-17-28(46-29)23-15-16-26(33(41)43-3)27(19-23)34(42)44-4/h8,10-13,15-19,24-25H,5-7,9,14,20-21H2,1-4H3,(H,35,38)(H,36,40)(H,37,39)/t24-,25-/m1/s1. The van der Waals surface area contributed by atoms with E-state index in [-0.39, 0.29) is 47.7 Å². The van der Waals surface area contributed by atoms with Gasteiger partial charge in [0.15, 0.2) is 5.76 Å². The number of hydrogen-bond donors (Lipinski definition) is 3. The van der Waals surface area contributed by atoms with E-state index >= 15 is 0 Å². The number of methoxy groups -OCH3 is 2. The summed E-state index contributed by atoms with van der Waals surface area (Å²) in [6.07, 6.45) is 3.56. The number of unbranched alkanes of at least 4 members (excludes halogenated alkanes) is 2. The van der Waals surface area contributed by atoms with E-state index < -0.39 is 29.7 Å². The molecular weight excluding hydrogens is 594 g/mol. The zero-order valence-electron chi connectivity index (χ0n) is 26.6. The van der Waals surface area contributed by atoms with Gasteiger partial charge in [-0.05, 0) is 42.7 Å². The number of ether oxygens (including phenoxy) is 2. The maximum atomic E-state index is 13.3. The molecule has 0 bridgehead atoms. The first-order chi connectivity index (χ1) is 22.2. The second-order valence-electron chi connectivity index (χ2n) is 10.5. The Hall–Kier alpha value is -4.97. The van der Waals surface area contributed by atoms with E-state index in [1.165, 1.54) is 38.5 Å². The first-order valence-corrected chi connectivity index (χ1v) is 15.2. The van der Waals surface area contributed by atoms with Crippen LogP contribution >= 0.6 is 0 Å². The van der Waals surface area contributed by atoms with Gasteiger partial charge in [0.25, 0.3) is 5.91 Å².